The van der Waals surface area contributed by atoms with Gasteiger partial charge in [-0.2, -0.15) is 0 Å². The molecule has 2 aliphatic carbocycles. The van der Waals surface area contributed by atoms with Crippen LogP contribution < -0.4 is 0 Å². The third kappa shape index (κ3) is 1.48. The molecule has 0 heterocycles. The Morgan fingerprint density at radius 2 is 1.91 bits per heavy atom. The second-order valence-corrected chi connectivity index (χ2v) is 8.95. The molecule has 64 valence electrons. The first-order valence-corrected chi connectivity index (χ1v) is 7.65. The maximum atomic E-state index is 11.3. The smallest absolute Gasteiger partial charge is 0.256 e. The third-order valence-electron chi connectivity index (χ3n) is 3.09. The second-order valence-electron chi connectivity index (χ2n) is 3.74. The van der Waals surface area contributed by atoms with Crippen molar-refractivity contribution in [3.05, 3.63) is 0 Å². The van der Waals surface area contributed by atoms with Crippen molar-refractivity contribution in [2.45, 2.75) is 31.3 Å². The van der Waals surface area contributed by atoms with Crippen LogP contribution in [0.1, 0.15) is 25.7 Å². The number of fused-ring (bicyclic) bond motifs is 2. The zero-order chi connectivity index (χ0) is 8.06. The van der Waals surface area contributed by atoms with Crippen LogP contribution in [0.25, 0.3) is 0 Å². The quantitative estimate of drug-likeness (QED) is 0.604. The standard InChI is InChI=1S/C7H11Cl2OP/c8-11(9,10)7-4-5-1-2-6(7)3-5/h5-7H,1-4H2/t5-,6+,7-/m1/s1. The Morgan fingerprint density at radius 1 is 1.18 bits per heavy atom. The van der Waals surface area contributed by atoms with E-state index in [0.717, 1.165) is 12.3 Å². The first-order valence-electron chi connectivity index (χ1n) is 4.06. The Hall–Kier alpha value is 0.810. The summed E-state index contributed by atoms with van der Waals surface area (Å²) in [4.78, 5) is 0. The minimum Gasteiger partial charge on any atom is -0.289 e. The maximum absolute atomic E-state index is 11.3. The molecule has 0 unspecified atom stereocenters. The highest BCUT2D eigenvalue weighted by Gasteiger charge is 2.47. The van der Waals surface area contributed by atoms with Gasteiger partial charge in [-0.15, -0.1) is 0 Å². The SMILES string of the molecule is O=P(Cl)(Cl)[C@@H]1C[C@@H]2CC[C@H]1C2. The average molecular weight is 213 g/mol. The number of rotatable bonds is 1. The molecule has 0 radical (unpaired) electrons. The largest absolute Gasteiger partial charge is 0.289 e. The van der Waals surface area contributed by atoms with E-state index < -0.39 is 5.85 Å². The lowest BCUT2D eigenvalue weighted by molar-refractivity contribution is 0.474. The molecule has 0 N–H and O–H groups in total. The molecule has 2 rings (SSSR count). The topological polar surface area (TPSA) is 17.1 Å². The van der Waals surface area contributed by atoms with Crippen LogP contribution in [0.2, 0.25) is 0 Å². The van der Waals surface area contributed by atoms with Crippen LogP contribution in [0.15, 0.2) is 0 Å². The van der Waals surface area contributed by atoms with E-state index in [1.807, 2.05) is 0 Å². The van der Waals surface area contributed by atoms with Gasteiger partial charge in [-0.25, -0.2) is 0 Å². The van der Waals surface area contributed by atoms with E-state index >= 15 is 0 Å². The van der Waals surface area contributed by atoms with Gasteiger partial charge in [-0.1, -0.05) is 6.42 Å². The van der Waals surface area contributed by atoms with Crippen molar-refractivity contribution >= 4 is 28.3 Å². The van der Waals surface area contributed by atoms with Crippen molar-refractivity contribution in [2.75, 3.05) is 0 Å². The van der Waals surface area contributed by atoms with Crippen molar-refractivity contribution in [1.82, 2.24) is 0 Å². The fraction of sp³-hybridized carbons (Fsp3) is 1.00. The van der Waals surface area contributed by atoms with E-state index in [1.165, 1.54) is 19.3 Å². The van der Waals surface area contributed by atoms with Crippen LogP contribution in [0, 0.1) is 11.8 Å². The molecule has 4 heteroatoms. The Labute approximate surface area is 76.4 Å². The zero-order valence-electron chi connectivity index (χ0n) is 6.17. The first kappa shape index (κ1) is 8.41. The zero-order valence-corrected chi connectivity index (χ0v) is 8.58. The van der Waals surface area contributed by atoms with Crippen molar-refractivity contribution in [2.24, 2.45) is 11.8 Å². The molecule has 0 aromatic rings. The van der Waals surface area contributed by atoms with Gasteiger partial charge in [-0.05, 0) is 53.6 Å². The number of halogens is 2. The molecule has 1 nitrogen and oxygen atoms in total. The molecule has 3 atom stereocenters. The summed E-state index contributed by atoms with van der Waals surface area (Å²) in [6.07, 6.45) is 4.72. The third-order valence-corrected chi connectivity index (χ3v) is 6.00. The maximum Gasteiger partial charge on any atom is 0.256 e. The van der Waals surface area contributed by atoms with Gasteiger partial charge in [0.2, 0.25) is 0 Å². The molecule has 0 spiro atoms. The van der Waals surface area contributed by atoms with E-state index in [1.54, 1.807) is 0 Å². The van der Waals surface area contributed by atoms with Gasteiger partial charge in [0, 0.05) is 5.66 Å². The normalized spacial score (nSPS) is 43.3. The Balaban J connectivity index is 2.14. The van der Waals surface area contributed by atoms with Crippen molar-refractivity contribution in [3.8, 4) is 0 Å². The highest BCUT2D eigenvalue weighted by atomic mass is 35.9. The summed E-state index contributed by atoms with van der Waals surface area (Å²) >= 11 is 11.3. The summed E-state index contributed by atoms with van der Waals surface area (Å²) < 4.78 is 11.3. The van der Waals surface area contributed by atoms with E-state index in [9.17, 15) is 4.57 Å². The molecule has 2 bridgehead atoms. The van der Waals surface area contributed by atoms with Crippen LogP contribution >= 0.6 is 28.3 Å². The highest BCUT2D eigenvalue weighted by Crippen LogP contribution is 2.69. The Morgan fingerprint density at radius 3 is 2.18 bits per heavy atom. The van der Waals surface area contributed by atoms with Gasteiger partial charge in [0.25, 0.3) is 5.85 Å². The van der Waals surface area contributed by atoms with Crippen LogP contribution in [0.3, 0.4) is 0 Å². The van der Waals surface area contributed by atoms with Gasteiger partial charge in [0.15, 0.2) is 0 Å². The van der Waals surface area contributed by atoms with E-state index in [2.05, 4.69) is 0 Å². The average Bonchev–Trinajstić information content (AvgIpc) is 2.42. The van der Waals surface area contributed by atoms with Crippen LogP contribution in [-0.4, -0.2) is 5.66 Å². The van der Waals surface area contributed by atoms with E-state index in [0.29, 0.717) is 5.92 Å². The molecule has 0 aromatic heterocycles. The highest BCUT2D eigenvalue weighted by molar-refractivity contribution is 8.09. The summed E-state index contributed by atoms with van der Waals surface area (Å²) in [6.45, 7) is 0. The molecule has 2 fully saturated rings. The molecule has 0 amide bonds. The molecule has 2 aliphatic rings. The summed E-state index contributed by atoms with van der Waals surface area (Å²) in [5.74, 6) is -1.47. The number of hydrogen-bond acceptors (Lipinski definition) is 1. The lowest BCUT2D eigenvalue weighted by Crippen LogP contribution is -2.12. The van der Waals surface area contributed by atoms with Crippen LogP contribution in [-0.2, 0) is 4.57 Å². The fourth-order valence-electron chi connectivity index (χ4n) is 2.58. The summed E-state index contributed by atoms with van der Waals surface area (Å²) in [7, 11) is 0. The Kier molecular flexibility index (Phi) is 2.03. The van der Waals surface area contributed by atoms with Gasteiger partial charge in [0.1, 0.15) is 0 Å². The monoisotopic (exact) mass is 212 g/mol. The summed E-state index contributed by atoms with van der Waals surface area (Å²) in [6, 6.07) is 0. The molecule has 2 saturated carbocycles. The molecular formula is C7H11Cl2OP. The van der Waals surface area contributed by atoms with Crippen LogP contribution in [0.5, 0.6) is 0 Å². The van der Waals surface area contributed by atoms with E-state index in [-0.39, 0.29) is 5.66 Å². The van der Waals surface area contributed by atoms with Crippen molar-refractivity contribution < 1.29 is 4.57 Å². The Bertz CT molecular complexity index is 212. The van der Waals surface area contributed by atoms with Crippen LogP contribution in [0.4, 0.5) is 0 Å². The van der Waals surface area contributed by atoms with Crippen molar-refractivity contribution in [3.63, 3.8) is 0 Å². The minimum atomic E-state index is -2.81. The first-order chi connectivity index (χ1) is 5.07. The summed E-state index contributed by atoms with van der Waals surface area (Å²) in [5.41, 5.74) is 0.129. The van der Waals surface area contributed by atoms with Gasteiger partial charge in [-0.3, -0.25) is 4.57 Å². The molecule has 11 heavy (non-hydrogen) atoms. The fourth-order valence-corrected chi connectivity index (χ4v) is 5.32. The van der Waals surface area contributed by atoms with Gasteiger partial charge >= 0.3 is 0 Å². The predicted molar refractivity (Wildman–Crippen MR) is 48.5 cm³/mol. The van der Waals surface area contributed by atoms with Crippen molar-refractivity contribution in [1.29, 1.82) is 0 Å². The van der Waals surface area contributed by atoms with E-state index in [4.69, 9.17) is 22.5 Å². The molecular weight excluding hydrogens is 202 g/mol. The lowest BCUT2D eigenvalue weighted by atomic mass is 10.0. The molecule has 0 aliphatic heterocycles. The lowest BCUT2D eigenvalue weighted by Gasteiger charge is -2.21. The predicted octanol–water partition coefficient (Wildman–Crippen LogP) is 3.85. The summed E-state index contributed by atoms with van der Waals surface area (Å²) in [5, 5.41) is 0. The second kappa shape index (κ2) is 2.65. The minimum absolute atomic E-state index is 0.129. The number of hydrogen-bond donors (Lipinski definition) is 0. The molecule has 0 aromatic carbocycles. The van der Waals surface area contributed by atoms with Gasteiger partial charge < -0.3 is 0 Å². The van der Waals surface area contributed by atoms with Gasteiger partial charge in [0.05, 0.1) is 0 Å². The molecule has 0 saturated heterocycles.